The Morgan fingerprint density at radius 1 is 1.14 bits per heavy atom. The fraction of sp³-hybridized carbons (Fsp3) is 0.381. The normalized spacial score (nSPS) is 15.3. The Kier molecular flexibility index (Phi) is 4.77. The number of hydrogen-bond acceptors (Lipinski definition) is 5. The van der Waals surface area contributed by atoms with Gasteiger partial charge in [-0.15, -0.1) is 0 Å². The second-order valence-corrected chi connectivity index (χ2v) is 7.37. The van der Waals surface area contributed by atoms with Crippen LogP contribution in [0.4, 0.5) is 0 Å². The van der Waals surface area contributed by atoms with Crippen molar-refractivity contribution < 1.29 is 9.21 Å². The van der Waals surface area contributed by atoms with Crippen LogP contribution in [0.15, 0.2) is 39.7 Å². The molecule has 1 amide bonds. The predicted molar refractivity (Wildman–Crippen MR) is 106 cm³/mol. The van der Waals surface area contributed by atoms with E-state index in [9.17, 15) is 9.59 Å². The molecule has 0 radical (unpaired) electrons. The van der Waals surface area contributed by atoms with Crippen molar-refractivity contribution in [1.29, 1.82) is 0 Å². The van der Waals surface area contributed by atoms with E-state index in [2.05, 4.69) is 9.88 Å². The van der Waals surface area contributed by atoms with E-state index in [1.165, 1.54) is 0 Å². The third-order valence-electron chi connectivity index (χ3n) is 5.26. The minimum atomic E-state index is -0.0664. The number of aryl methyl sites for hydroxylation is 3. The molecule has 1 saturated heterocycles. The van der Waals surface area contributed by atoms with Gasteiger partial charge in [0.15, 0.2) is 0 Å². The SMILES string of the molecule is Cc1cc(C(=O)N2CCN(Cc3cc(=O)n4cccc(C)c4n3)CC2)c(C)o1. The molecule has 4 heterocycles. The molecule has 7 heteroatoms. The van der Waals surface area contributed by atoms with Crippen molar-refractivity contribution in [1.82, 2.24) is 19.2 Å². The van der Waals surface area contributed by atoms with E-state index in [0.717, 1.165) is 30.1 Å². The summed E-state index contributed by atoms with van der Waals surface area (Å²) in [5.41, 5.74) is 3.02. The number of furan rings is 1. The van der Waals surface area contributed by atoms with Gasteiger partial charge in [-0.3, -0.25) is 18.9 Å². The quantitative estimate of drug-likeness (QED) is 0.696. The summed E-state index contributed by atoms with van der Waals surface area (Å²) in [5.74, 6) is 1.44. The number of aromatic nitrogens is 2. The smallest absolute Gasteiger partial charge is 0.258 e. The third-order valence-corrected chi connectivity index (χ3v) is 5.26. The van der Waals surface area contributed by atoms with Crippen LogP contribution >= 0.6 is 0 Å². The largest absolute Gasteiger partial charge is 0.466 e. The first-order valence-corrected chi connectivity index (χ1v) is 9.49. The molecular weight excluding hydrogens is 356 g/mol. The standard InChI is InChI=1S/C21H24N4O3/c1-14-5-4-6-25-19(26)12-17(22-20(14)25)13-23-7-9-24(10-8-23)21(27)18-11-15(2)28-16(18)3/h4-6,11-12H,7-10,13H2,1-3H3. The average Bonchev–Trinajstić information content (AvgIpc) is 3.01. The van der Waals surface area contributed by atoms with Gasteiger partial charge in [-0.1, -0.05) is 6.07 Å². The van der Waals surface area contributed by atoms with Crippen LogP contribution in [0.25, 0.3) is 5.65 Å². The van der Waals surface area contributed by atoms with Crippen molar-refractivity contribution in [2.45, 2.75) is 27.3 Å². The van der Waals surface area contributed by atoms with Crippen LogP contribution in [0.1, 0.15) is 33.1 Å². The molecular formula is C21H24N4O3. The van der Waals surface area contributed by atoms with Gasteiger partial charge in [0.25, 0.3) is 11.5 Å². The van der Waals surface area contributed by atoms with E-state index < -0.39 is 0 Å². The van der Waals surface area contributed by atoms with Crippen molar-refractivity contribution in [2.24, 2.45) is 0 Å². The summed E-state index contributed by atoms with van der Waals surface area (Å²) in [4.78, 5) is 33.9. The van der Waals surface area contributed by atoms with Gasteiger partial charge >= 0.3 is 0 Å². The van der Waals surface area contributed by atoms with Crippen LogP contribution in [0.2, 0.25) is 0 Å². The summed E-state index contributed by atoms with van der Waals surface area (Å²) in [5, 5.41) is 0. The number of carbonyl (C=O) groups excluding carboxylic acids is 1. The third kappa shape index (κ3) is 3.45. The number of amides is 1. The summed E-state index contributed by atoms with van der Waals surface area (Å²) >= 11 is 0. The molecule has 0 spiro atoms. The number of nitrogens with zero attached hydrogens (tertiary/aromatic N) is 4. The second kappa shape index (κ2) is 7.24. The molecule has 1 aliphatic rings. The minimum Gasteiger partial charge on any atom is -0.466 e. The van der Waals surface area contributed by atoms with Gasteiger partial charge in [0, 0.05) is 45.0 Å². The van der Waals surface area contributed by atoms with Gasteiger partial charge < -0.3 is 9.32 Å². The Balaban J connectivity index is 1.44. The minimum absolute atomic E-state index is 0.0201. The van der Waals surface area contributed by atoms with Gasteiger partial charge in [-0.25, -0.2) is 4.98 Å². The molecule has 7 nitrogen and oxygen atoms in total. The summed E-state index contributed by atoms with van der Waals surface area (Å²) in [6, 6.07) is 7.21. The number of hydrogen-bond donors (Lipinski definition) is 0. The summed E-state index contributed by atoms with van der Waals surface area (Å²) in [6.07, 6.45) is 1.74. The van der Waals surface area contributed by atoms with Crippen LogP contribution < -0.4 is 5.56 Å². The van der Waals surface area contributed by atoms with Crippen LogP contribution in [-0.2, 0) is 6.54 Å². The van der Waals surface area contributed by atoms with Crippen LogP contribution in [0.3, 0.4) is 0 Å². The first-order valence-electron chi connectivity index (χ1n) is 9.49. The van der Waals surface area contributed by atoms with Gasteiger partial charge in [-0.2, -0.15) is 0 Å². The second-order valence-electron chi connectivity index (χ2n) is 7.37. The van der Waals surface area contributed by atoms with Gasteiger partial charge in [0.2, 0.25) is 0 Å². The summed E-state index contributed by atoms with van der Waals surface area (Å²) in [7, 11) is 0. The van der Waals surface area contributed by atoms with E-state index in [1.54, 1.807) is 22.7 Å². The van der Waals surface area contributed by atoms with Crippen molar-refractivity contribution in [3.8, 4) is 0 Å². The molecule has 0 N–H and O–H groups in total. The Bertz CT molecular complexity index is 1090. The highest BCUT2D eigenvalue weighted by molar-refractivity contribution is 5.95. The van der Waals surface area contributed by atoms with E-state index in [-0.39, 0.29) is 11.5 Å². The predicted octanol–water partition coefficient (Wildman–Crippen LogP) is 2.17. The van der Waals surface area contributed by atoms with Gasteiger partial charge in [0.05, 0.1) is 11.3 Å². The topological polar surface area (TPSA) is 71.1 Å². The molecule has 3 aromatic heterocycles. The number of carbonyl (C=O) groups is 1. The lowest BCUT2D eigenvalue weighted by Crippen LogP contribution is -2.48. The van der Waals surface area contributed by atoms with Crippen LogP contribution in [-0.4, -0.2) is 51.3 Å². The monoisotopic (exact) mass is 380 g/mol. The van der Waals surface area contributed by atoms with Crippen molar-refractivity contribution in [2.75, 3.05) is 26.2 Å². The zero-order chi connectivity index (χ0) is 19.8. The first kappa shape index (κ1) is 18.4. The Morgan fingerprint density at radius 2 is 1.89 bits per heavy atom. The van der Waals surface area contributed by atoms with Gasteiger partial charge in [0.1, 0.15) is 17.2 Å². The highest BCUT2D eigenvalue weighted by Crippen LogP contribution is 2.17. The first-order chi connectivity index (χ1) is 13.4. The molecule has 0 aromatic carbocycles. The fourth-order valence-corrected chi connectivity index (χ4v) is 3.74. The van der Waals surface area contributed by atoms with Crippen molar-refractivity contribution >= 4 is 11.6 Å². The van der Waals surface area contributed by atoms with Crippen LogP contribution in [0.5, 0.6) is 0 Å². The summed E-state index contributed by atoms with van der Waals surface area (Å²) < 4.78 is 7.06. The Morgan fingerprint density at radius 3 is 2.57 bits per heavy atom. The molecule has 28 heavy (non-hydrogen) atoms. The molecule has 1 fully saturated rings. The zero-order valence-electron chi connectivity index (χ0n) is 16.4. The molecule has 0 saturated carbocycles. The Hall–Kier alpha value is -2.93. The van der Waals surface area contributed by atoms with Crippen molar-refractivity contribution in [3.05, 3.63) is 69.2 Å². The molecule has 0 aliphatic carbocycles. The number of pyridine rings is 1. The number of rotatable bonds is 3. The fourth-order valence-electron chi connectivity index (χ4n) is 3.74. The maximum Gasteiger partial charge on any atom is 0.258 e. The summed E-state index contributed by atoms with van der Waals surface area (Å²) in [6.45, 7) is 9.02. The number of fused-ring (bicyclic) bond motifs is 1. The van der Waals surface area contributed by atoms with E-state index in [0.29, 0.717) is 36.6 Å². The van der Waals surface area contributed by atoms with E-state index >= 15 is 0 Å². The van der Waals surface area contributed by atoms with E-state index in [4.69, 9.17) is 4.42 Å². The highest BCUT2D eigenvalue weighted by atomic mass is 16.3. The molecule has 1 aliphatic heterocycles. The molecule has 0 unspecified atom stereocenters. The highest BCUT2D eigenvalue weighted by Gasteiger charge is 2.25. The van der Waals surface area contributed by atoms with Crippen LogP contribution in [0, 0.1) is 20.8 Å². The lowest BCUT2D eigenvalue weighted by atomic mass is 10.2. The lowest BCUT2D eigenvalue weighted by molar-refractivity contribution is 0.0625. The molecule has 0 atom stereocenters. The zero-order valence-corrected chi connectivity index (χ0v) is 16.4. The maximum atomic E-state index is 12.7. The molecule has 3 aromatic rings. The Labute approximate surface area is 163 Å². The molecule has 0 bridgehead atoms. The number of piperazine rings is 1. The average molecular weight is 380 g/mol. The van der Waals surface area contributed by atoms with Crippen molar-refractivity contribution in [3.63, 3.8) is 0 Å². The van der Waals surface area contributed by atoms with E-state index in [1.807, 2.05) is 37.8 Å². The maximum absolute atomic E-state index is 12.7. The molecule has 146 valence electrons. The lowest BCUT2D eigenvalue weighted by Gasteiger charge is -2.34. The molecule has 4 rings (SSSR count). The van der Waals surface area contributed by atoms with Gasteiger partial charge in [-0.05, 0) is 38.5 Å².